The number of alkyl halides is 6. The summed E-state index contributed by atoms with van der Waals surface area (Å²) in [5.74, 6) is -4.06. The van der Waals surface area contributed by atoms with E-state index in [1.54, 1.807) is 12.3 Å². The number of carbonyl (C=O) groups is 2. The van der Waals surface area contributed by atoms with E-state index in [1.165, 1.54) is 6.07 Å². The fraction of sp³-hybridized carbons (Fsp3) is 0.478. The first kappa shape index (κ1) is 32.6. The van der Waals surface area contributed by atoms with E-state index in [9.17, 15) is 30.7 Å². The monoisotopic (exact) mass is 586 g/mol. The van der Waals surface area contributed by atoms with E-state index in [1.807, 2.05) is 18.2 Å². The summed E-state index contributed by atoms with van der Waals surface area (Å²) < 4.78 is 88.6. The Hall–Kier alpha value is -3.57. The molecule has 4 rings (SSSR count). The van der Waals surface area contributed by atoms with Gasteiger partial charge in [-0.2, -0.15) is 26.3 Å². The van der Waals surface area contributed by atoms with Crippen LogP contribution >= 0.6 is 0 Å². The lowest BCUT2D eigenvalue weighted by atomic mass is 10.1. The molecule has 2 N–H and O–H groups in total. The van der Waals surface area contributed by atoms with Crippen molar-refractivity contribution in [3.63, 3.8) is 0 Å². The van der Waals surface area contributed by atoms with Gasteiger partial charge in [0.15, 0.2) is 0 Å². The van der Waals surface area contributed by atoms with Gasteiger partial charge in [0.2, 0.25) is 0 Å². The van der Waals surface area contributed by atoms with Gasteiger partial charge in [0.1, 0.15) is 17.5 Å². The van der Waals surface area contributed by atoms with Gasteiger partial charge in [-0.05, 0) is 12.1 Å². The van der Waals surface area contributed by atoms with Crippen molar-refractivity contribution in [1.82, 2.24) is 14.9 Å². The highest BCUT2D eigenvalue weighted by molar-refractivity contribution is 5.73. The number of nitrogens with zero attached hydrogens (tertiary/aromatic N) is 4. The van der Waals surface area contributed by atoms with Crippen LogP contribution in [0.4, 0.5) is 36.6 Å². The van der Waals surface area contributed by atoms with Gasteiger partial charge in [-0.3, -0.25) is 4.90 Å². The van der Waals surface area contributed by atoms with Gasteiger partial charge in [-0.25, -0.2) is 23.9 Å². The van der Waals surface area contributed by atoms with E-state index in [0.717, 1.165) is 31.3 Å². The highest BCUT2D eigenvalue weighted by atomic mass is 19.4. The molecule has 40 heavy (non-hydrogen) atoms. The van der Waals surface area contributed by atoms with Crippen LogP contribution in [0.3, 0.4) is 0 Å². The fourth-order valence-electron chi connectivity index (χ4n) is 3.40. The molecule has 2 aromatic rings. The van der Waals surface area contributed by atoms with Crippen molar-refractivity contribution in [3.05, 3.63) is 53.7 Å². The second-order valence-electron chi connectivity index (χ2n) is 8.13. The lowest BCUT2D eigenvalue weighted by molar-refractivity contribution is -0.193. The normalized spacial score (nSPS) is 18.1. The lowest BCUT2D eigenvalue weighted by Gasteiger charge is -2.35. The maximum atomic E-state index is 14.1. The zero-order chi connectivity index (χ0) is 29.9. The van der Waals surface area contributed by atoms with E-state index in [4.69, 9.17) is 34.3 Å². The molecule has 17 heteroatoms. The Kier molecular flexibility index (Phi) is 12.0. The van der Waals surface area contributed by atoms with Crippen molar-refractivity contribution in [2.45, 2.75) is 24.9 Å². The van der Waals surface area contributed by atoms with Gasteiger partial charge in [0, 0.05) is 37.9 Å². The van der Waals surface area contributed by atoms with Gasteiger partial charge in [0.25, 0.3) is 0 Å². The molecular formula is C23H25F7N4O6. The van der Waals surface area contributed by atoms with Gasteiger partial charge in [-0.15, -0.1) is 0 Å². The van der Waals surface area contributed by atoms with Crippen LogP contribution in [0.2, 0.25) is 0 Å². The zero-order valence-electron chi connectivity index (χ0n) is 20.7. The molecule has 2 saturated heterocycles. The fourth-order valence-corrected chi connectivity index (χ4v) is 3.40. The first-order valence-corrected chi connectivity index (χ1v) is 11.5. The molecule has 3 heterocycles. The SMILES string of the molecule is Fc1ccccc1CN1CCOCC1c1nccc(N2CCOCC2)n1.O=C(O)C(F)(F)F.O=C(O)C(F)(F)F. The van der Waals surface area contributed by atoms with E-state index >= 15 is 0 Å². The third-order valence-electron chi connectivity index (χ3n) is 5.35. The maximum Gasteiger partial charge on any atom is 0.490 e. The van der Waals surface area contributed by atoms with Crippen LogP contribution in [0.15, 0.2) is 36.5 Å². The molecule has 1 unspecified atom stereocenters. The molecular weight excluding hydrogens is 561 g/mol. The second-order valence-corrected chi connectivity index (χ2v) is 8.13. The van der Waals surface area contributed by atoms with E-state index in [-0.39, 0.29) is 11.9 Å². The summed E-state index contributed by atoms with van der Waals surface area (Å²) in [4.78, 5) is 31.5. The van der Waals surface area contributed by atoms with Crippen LogP contribution in [0.5, 0.6) is 0 Å². The van der Waals surface area contributed by atoms with Crippen LogP contribution in [0.1, 0.15) is 17.4 Å². The smallest absolute Gasteiger partial charge is 0.475 e. The number of hydrogen-bond acceptors (Lipinski definition) is 8. The van der Waals surface area contributed by atoms with Crippen molar-refractivity contribution in [2.24, 2.45) is 0 Å². The number of aliphatic carboxylic acids is 2. The number of morpholine rings is 2. The van der Waals surface area contributed by atoms with Gasteiger partial charge in [0.05, 0.1) is 32.5 Å². The first-order chi connectivity index (χ1) is 18.7. The molecule has 1 aromatic carbocycles. The van der Waals surface area contributed by atoms with Gasteiger partial charge in [-0.1, -0.05) is 18.2 Å². The molecule has 0 spiro atoms. The Balaban J connectivity index is 0.000000333. The third kappa shape index (κ3) is 10.5. The number of hydrogen-bond donors (Lipinski definition) is 2. The summed E-state index contributed by atoms with van der Waals surface area (Å²) in [5.41, 5.74) is 0.684. The lowest BCUT2D eigenvalue weighted by Crippen LogP contribution is -2.41. The standard InChI is InChI=1S/C19H23FN4O2.2C2HF3O2/c20-16-4-2-1-3-15(16)13-24-9-12-26-14-17(24)19-21-6-5-18(22-19)23-7-10-25-11-8-23;2*3-2(4,5)1(6)7/h1-6,17H,7-14H2;2*(H,6,7). The molecule has 2 fully saturated rings. The topological polar surface area (TPSA) is 125 Å². The summed E-state index contributed by atoms with van der Waals surface area (Å²) in [5, 5.41) is 14.2. The molecule has 0 saturated carbocycles. The first-order valence-electron chi connectivity index (χ1n) is 11.5. The molecule has 2 aliphatic rings. The number of halogens is 7. The summed E-state index contributed by atoms with van der Waals surface area (Å²) in [6.07, 6.45) is -8.37. The molecule has 2 aliphatic heterocycles. The highest BCUT2D eigenvalue weighted by Gasteiger charge is 2.39. The molecule has 222 valence electrons. The van der Waals surface area contributed by atoms with Gasteiger partial charge >= 0.3 is 24.3 Å². The Morgan fingerprint density at radius 3 is 2.00 bits per heavy atom. The molecule has 1 aromatic heterocycles. The minimum Gasteiger partial charge on any atom is -0.475 e. The molecule has 0 amide bonds. The van der Waals surface area contributed by atoms with Crippen LogP contribution in [-0.2, 0) is 25.6 Å². The minimum atomic E-state index is -5.08. The minimum absolute atomic E-state index is 0.0793. The van der Waals surface area contributed by atoms with Crippen molar-refractivity contribution >= 4 is 17.8 Å². The number of rotatable bonds is 4. The average molecular weight is 586 g/mol. The van der Waals surface area contributed by atoms with Crippen molar-refractivity contribution < 1.29 is 60.0 Å². The maximum absolute atomic E-state index is 14.1. The van der Waals surface area contributed by atoms with Crippen LogP contribution in [0, 0.1) is 5.82 Å². The molecule has 1 atom stereocenters. The molecule has 0 radical (unpaired) electrons. The van der Waals surface area contributed by atoms with E-state index in [0.29, 0.717) is 38.5 Å². The summed E-state index contributed by atoms with van der Waals surface area (Å²) in [7, 11) is 0. The number of carboxylic acid groups (broad SMARTS) is 2. The van der Waals surface area contributed by atoms with Crippen LogP contribution in [0.25, 0.3) is 0 Å². The van der Waals surface area contributed by atoms with Crippen molar-refractivity contribution in [3.8, 4) is 0 Å². The summed E-state index contributed by atoms with van der Waals surface area (Å²) in [6.45, 7) is 5.48. The number of anilines is 1. The third-order valence-corrected chi connectivity index (χ3v) is 5.35. The summed E-state index contributed by atoms with van der Waals surface area (Å²) in [6, 6.07) is 8.75. The average Bonchev–Trinajstić information content (AvgIpc) is 2.90. The number of aromatic nitrogens is 2. The highest BCUT2D eigenvalue weighted by Crippen LogP contribution is 2.26. The number of benzene rings is 1. The van der Waals surface area contributed by atoms with Gasteiger partial charge < -0.3 is 24.6 Å². The largest absolute Gasteiger partial charge is 0.490 e. The predicted molar refractivity (Wildman–Crippen MR) is 123 cm³/mol. The van der Waals surface area contributed by atoms with Crippen molar-refractivity contribution in [2.75, 3.05) is 51.0 Å². The Morgan fingerprint density at radius 1 is 0.900 bits per heavy atom. The van der Waals surface area contributed by atoms with Crippen molar-refractivity contribution in [1.29, 1.82) is 0 Å². The number of carboxylic acids is 2. The Morgan fingerprint density at radius 2 is 1.45 bits per heavy atom. The molecule has 10 nitrogen and oxygen atoms in total. The Bertz CT molecular complexity index is 1090. The second kappa shape index (κ2) is 14.7. The van der Waals surface area contributed by atoms with Crippen LogP contribution < -0.4 is 4.90 Å². The van der Waals surface area contributed by atoms with E-state index < -0.39 is 24.3 Å². The predicted octanol–water partition coefficient (Wildman–Crippen LogP) is 3.29. The molecule has 0 aliphatic carbocycles. The Labute approximate surface area is 222 Å². The zero-order valence-corrected chi connectivity index (χ0v) is 20.7. The quantitative estimate of drug-likeness (QED) is 0.516. The van der Waals surface area contributed by atoms with E-state index in [2.05, 4.69) is 14.8 Å². The number of ether oxygens (including phenoxy) is 2. The van der Waals surface area contributed by atoms with Crippen LogP contribution in [-0.4, -0.2) is 95.4 Å². The summed E-state index contributed by atoms with van der Waals surface area (Å²) >= 11 is 0. The molecule has 0 bridgehead atoms.